The van der Waals surface area contributed by atoms with Gasteiger partial charge in [0.2, 0.25) is 0 Å². The lowest BCUT2D eigenvalue weighted by molar-refractivity contribution is 0.192. The molecule has 2 heterocycles. The molecule has 0 aliphatic rings. The highest BCUT2D eigenvalue weighted by molar-refractivity contribution is 7.14. The fourth-order valence-corrected chi connectivity index (χ4v) is 2.66. The molecule has 2 N–H and O–H groups in total. The van der Waals surface area contributed by atoms with Crippen LogP contribution in [0.4, 0.5) is 5.13 Å². The molecule has 1 atom stereocenters. The Morgan fingerprint density at radius 3 is 3.00 bits per heavy atom. The lowest BCUT2D eigenvalue weighted by atomic mass is 10.2. The van der Waals surface area contributed by atoms with Crippen molar-refractivity contribution >= 4 is 39.4 Å². The summed E-state index contributed by atoms with van der Waals surface area (Å²) in [5, 5.41) is 19.6. The van der Waals surface area contributed by atoms with Crippen molar-refractivity contribution in [3.05, 3.63) is 32.9 Å². The minimum atomic E-state index is -0.501. The Labute approximate surface area is 100 Å². The zero-order chi connectivity index (χ0) is 10.7. The number of aliphatic hydroxyl groups excluding tert-OH is 1. The van der Waals surface area contributed by atoms with Crippen LogP contribution >= 0.6 is 34.3 Å². The molecule has 3 nitrogen and oxygen atoms in total. The summed E-state index contributed by atoms with van der Waals surface area (Å²) in [7, 11) is 0. The van der Waals surface area contributed by atoms with E-state index in [1.54, 1.807) is 16.7 Å². The fourth-order valence-electron chi connectivity index (χ4n) is 1.10. The standard InChI is InChI=1S/C9H9ClN2OS2/c10-8-5-15-9(12-8)11-3-7(13)6-1-2-14-4-6/h1-2,4-5,7,13H,3H2,(H,11,12). The largest absolute Gasteiger partial charge is 0.387 e. The Bertz CT molecular complexity index is 415. The molecule has 0 aliphatic heterocycles. The maximum Gasteiger partial charge on any atom is 0.184 e. The number of rotatable bonds is 4. The molecule has 0 saturated heterocycles. The third-order valence-electron chi connectivity index (χ3n) is 1.85. The molecule has 0 fully saturated rings. The van der Waals surface area contributed by atoms with Gasteiger partial charge in [-0.05, 0) is 22.4 Å². The highest BCUT2D eigenvalue weighted by Gasteiger charge is 2.08. The number of thiophene rings is 1. The molecule has 0 amide bonds. The quantitative estimate of drug-likeness (QED) is 0.888. The van der Waals surface area contributed by atoms with Crippen molar-refractivity contribution in [1.29, 1.82) is 0 Å². The Kier molecular flexibility index (Phi) is 3.58. The van der Waals surface area contributed by atoms with Gasteiger partial charge in [0.1, 0.15) is 5.15 Å². The number of aromatic nitrogens is 1. The predicted octanol–water partition coefficient (Wildman–Crippen LogP) is 3.00. The van der Waals surface area contributed by atoms with Gasteiger partial charge in [0, 0.05) is 11.9 Å². The van der Waals surface area contributed by atoms with Crippen molar-refractivity contribution in [3.8, 4) is 0 Å². The van der Waals surface area contributed by atoms with Gasteiger partial charge in [-0.2, -0.15) is 11.3 Å². The van der Waals surface area contributed by atoms with Crippen molar-refractivity contribution in [3.63, 3.8) is 0 Å². The van der Waals surface area contributed by atoms with Crippen molar-refractivity contribution < 1.29 is 5.11 Å². The minimum absolute atomic E-state index is 0.445. The van der Waals surface area contributed by atoms with Crippen LogP contribution in [0.3, 0.4) is 0 Å². The second-order valence-corrected chi connectivity index (χ2v) is 4.95. The molecule has 0 saturated carbocycles. The van der Waals surface area contributed by atoms with Crippen LogP contribution < -0.4 is 5.32 Å². The van der Waals surface area contributed by atoms with E-state index in [0.717, 1.165) is 10.7 Å². The van der Waals surface area contributed by atoms with Gasteiger partial charge in [0.15, 0.2) is 5.13 Å². The van der Waals surface area contributed by atoms with Crippen molar-refractivity contribution in [2.45, 2.75) is 6.10 Å². The number of thiazole rings is 1. The third kappa shape index (κ3) is 2.92. The predicted molar refractivity (Wildman–Crippen MR) is 64.9 cm³/mol. The van der Waals surface area contributed by atoms with Crippen LogP contribution in [0.25, 0.3) is 0 Å². The number of hydrogen-bond donors (Lipinski definition) is 2. The fraction of sp³-hybridized carbons (Fsp3) is 0.222. The Morgan fingerprint density at radius 1 is 1.53 bits per heavy atom. The molecule has 0 radical (unpaired) electrons. The summed E-state index contributed by atoms with van der Waals surface area (Å²) in [5.41, 5.74) is 0.926. The molecule has 80 valence electrons. The van der Waals surface area contributed by atoms with E-state index in [-0.39, 0.29) is 0 Å². The van der Waals surface area contributed by atoms with Crippen molar-refractivity contribution in [1.82, 2.24) is 4.98 Å². The summed E-state index contributed by atoms with van der Waals surface area (Å²) in [4.78, 5) is 4.03. The first-order valence-electron chi connectivity index (χ1n) is 4.31. The van der Waals surface area contributed by atoms with E-state index >= 15 is 0 Å². The smallest absolute Gasteiger partial charge is 0.184 e. The van der Waals surface area contributed by atoms with Gasteiger partial charge < -0.3 is 10.4 Å². The minimum Gasteiger partial charge on any atom is -0.387 e. The Hall–Kier alpha value is -0.620. The number of hydrogen-bond acceptors (Lipinski definition) is 5. The lowest BCUT2D eigenvalue weighted by Gasteiger charge is -2.08. The van der Waals surface area contributed by atoms with E-state index in [1.807, 2.05) is 16.8 Å². The van der Waals surface area contributed by atoms with E-state index in [9.17, 15) is 5.11 Å². The highest BCUT2D eigenvalue weighted by atomic mass is 35.5. The van der Waals surface area contributed by atoms with Crippen LogP contribution in [0.2, 0.25) is 5.15 Å². The van der Waals surface area contributed by atoms with Crippen molar-refractivity contribution in [2.75, 3.05) is 11.9 Å². The van der Waals surface area contributed by atoms with E-state index in [0.29, 0.717) is 11.7 Å². The van der Waals surface area contributed by atoms with Gasteiger partial charge in [0.25, 0.3) is 0 Å². The molecule has 0 aliphatic carbocycles. The number of anilines is 1. The van der Waals surface area contributed by atoms with Crippen LogP contribution in [-0.2, 0) is 0 Å². The van der Waals surface area contributed by atoms with Gasteiger partial charge in [-0.1, -0.05) is 11.6 Å². The van der Waals surface area contributed by atoms with Gasteiger partial charge in [0.05, 0.1) is 6.10 Å². The van der Waals surface area contributed by atoms with E-state index in [1.165, 1.54) is 11.3 Å². The monoisotopic (exact) mass is 260 g/mol. The first-order chi connectivity index (χ1) is 7.25. The Morgan fingerprint density at radius 2 is 2.40 bits per heavy atom. The number of aliphatic hydroxyl groups is 1. The first-order valence-corrected chi connectivity index (χ1v) is 6.51. The van der Waals surface area contributed by atoms with Gasteiger partial charge >= 0.3 is 0 Å². The lowest BCUT2D eigenvalue weighted by Crippen LogP contribution is -2.11. The maximum absolute atomic E-state index is 9.77. The molecule has 0 spiro atoms. The summed E-state index contributed by atoms with van der Waals surface area (Å²) in [6.07, 6.45) is -0.501. The molecule has 15 heavy (non-hydrogen) atoms. The molecule has 0 bridgehead atoms. The van der Waals surface area contributed by atoms with Gasteiger partial charge in [-0.15, -0.1) is 11.3 Å². The zero-order valence-electron chi connectivity index (χ0n) is 7.68. The van der Waals surface area contributed by atoms with Crippen LogP contribution in [0.1, 0.15) is 11.7 Å². The molecule has 2 rings (SSSR count). The third-order valence-corrected chi connectivity index (χ3v) is 3.68. The van der Waals surface area contributed by atoms with Gasteiger partial charge in [-0.25, -0.2) is 4.98 Å². The van der Waals surface area contributed by atoms with Crippen LogP contribution in [0.15, 0.2) is 22.2 Å². The highest BCUT2D eigenvalue weighted by Crippen LogP contribution is 2.21. The molecule has 1 unspecified atom stereocenters. The van der Waals surface area contributed by atoms with Crippen molar-refractivity contribution in [2.24, 2.45) is 0 Å². The van der Waals surface area contributed by atoms with E-state index < -0.39 is 6.10 Å². The van der Waals surface area contributed by atoms with Crippen LogP contribution in [0, 0.1) is 0 Å². The Balaban J connectivity index is 1.88. The molecule has 6 heteroatoms. The molecular formula is C9H9ClN2OS2. The van der Waals surface area contributed by atoms with Gasteiger partial charge in [-0.3, -0.25) is 0 Å². The topological polar surface area (TPSA) is 45.1 Å². The molecular weight excluding hydrogens is 252 g/mol. The molecule has 2 aromatic rings. The summed E-state index contributed by atoms with van der Waals surface area (Å²) in [6, 6.07) is 1.91. The SMILES string of the molecule is OC(CNc1nc(Cl)cs1)c1ccsc1. The number of nitrogens with one attached hydrogen (secondary N) is 1. The molecule has 0 aromatic carbocycles. The average Bonchev–Trinajstić information content (AvgIpc) is 2.84. The maximum atomic E-state index is 9.77. The zero-order valence-corrected chi connectivity index (χ0v) is 10.1. The van der Waals surface area contributed by atoms with E-state index in [4.69, 9.17) is 11.6 Å². The average molecular weight is 261 g/mol. The normalized spacial score (nSPS) is 12.7. The summed E-state index contributed by atoms with van der Waals surface area (Å²) in [6.45, 7) is 0.445. The summed E-state index contributed by atoms with van der Waals surface area (Å²) < 4.78 is 0. The first kappa shape index (κ1) is 10.9. The molecule has 2 aromatic heterocycles. The van der Waals surface area contributed by atoms with Crippen LogP contribution in [0.5, 0.6) is 0 Å². The summed E-state index contributed by atoms with van der Waals surface area (Å²) in [5.74, 6) is 0. The van der Waals surface area contributed by atoms with E-state index in [2.05, 4.69) is 10.3 Å². The number of nitrogens with zero attached hydrogens (tertiary/aromatic N) is 1. The number of halogens is 1. The summed E-state index contributed by atoms with van der Waals surface area (Å²) >= 11 is 8.67. The van der Waals surface area contributed by atoms with Crippen LogP contribution in [-0.4, -0.2) is 16.6 Å². The second kappa shape index (κ2) is 4.94. The second-order valence-electron chi connectivity index (χ2n) is 2.93.